The summed E-state index contributed by atoms with van der Waals surface area (Å²) >= 11 is 0. The van der Waals surface area contributed by atoms with Crippen LogP contribution in [-0.2, 0) is 19.4 Å². The highest BCUT2D eigenvalue weighted by Crippen LogP contribution is 2.35. The van der Waals surface area contributed by atoms with E-state index in [1.54, 1.807) is 23.3 Å². The fourth-order valence-electron chi connectivity index (χ4n) is 4.38. The predicted molar refractivity (Wildman–Crippen MR) is 98.6 cm³/mol. The maximum Gasteiger partial charge on any atom is 0.272 e. The number of carbonyl (C=O) groups is 1. The van der Waals surface area contributed by atoms with E-state index in [2.05, 4.69) is 20.0 Å². The van der Waals surface area contributed by atoms with Gasteiger partial charge in [0.15, 0.2) is 0 Å². The van der Waals surface area contributed by atoms with Crippen molar-refractivity contribution in [1.29, 1.82) is 0 Å². The Morgan fingerprint density at radius 1 is 1.22 bits per heavy atom. The molecular weight excluding hydrogens is 345 g/mol. The van der Waals surface area contributed by atoms with Crippen molar-refractivity contribution in [2.75, 3.05) is 0 Å². The molecule has 1 aliphatic heterocycles. The number of carbonyl (C=O) groups excluding carboxylic acids is 1. The van der Waals surface area contributed by atoms with Crippen LogP contribution in [0.1, 0.15) is 65.6 Å². The number of imidazole rings is 1. The van der Waals surface area contributed by atoms with Crippen LogP contribution >= 0.6 is 0 Å². The predicted octanol–water partition coefficient (Wildman–Crippen LogP) is 3.32. The first kappa shape index (κ1) is 16.5. The van der Waals surface area contributed by atoms with Gasteiger partial charge in [0, 0.05) is 24.2 Å². The first-order chi connectivity index (χ1) is 13.2. The number of aryl methyl sites for hydroxylation is 1. The topological polar surface area (TPSA) is 64.7 Å². The van der Waals surface area contributed by atoms with Crippen LogP contribution in [0.3, 0.4) is 0 Å². The summed E-state index contributed by atoms with van der Waals surface area (Å²) in [7, 11) is 0. The van der Waals surface area contributed by atoms with E-state index in [9.17, 15) is 9.18 Å². The molecule has 0 aromatic carbocycles. The van der Waals surface area contributed by atoms with Gasteiger partial charge in [0.2, 0.25) is 0 Å². The van der Waals surface area contributed by atoms with Crippen molar-refractivity contribution in [3.8, 4) is 0 Å². The number of amides is 1. The SMILES string of the molecule is O=C(NC1CCc2c1cnn2C1=C(F)CCC=C1)c1ncn2c1CCCC2. The molecule has 1 atom stereocenters. The molecule has 1 N–H and O–H groups in total. The van der Waals surface area contributed by atoms with E-state index in [4.69, 9.17) is 0 Å². The van der Waals surface area contributed by atoms with Gasteiger partial charge in [0.05, 0.1) is 30.0 Å². The van der Waals surface area contributed by atoms with Crippen LogP contribution in [0.5, 0.6) is 0 Å². The smallest absolute Gasteiger partial charge is 0.272 e. The van der Waals surface area contributed by atoms with Gasteiger partial charge in [-0.05, 0) is 44.6 Å². The molecule has 2 aliphatic carbocycles. The van der Waals surface area contributed by atoms with Crippen LogP contribution in [0, 0.1) is 0 Å². The minimum atomic E-state index is -0.126. The summed E-state index contributed by atoms with van der Waals surface area (Å²) in [6, 6.07) is -0.0987. The molecule has 3 aliphatic rings. The molecule has 7 heteroatoms. The van der Waals surface area contributed by atoms with E-state index >= 15 is 0 Å². The summed E-state index contributed by atoms with van der Waals surface area (Å²) in [5.74, 6) is -0.250. The van der Waals surface area contributed by atoms with Crippen LogP contribution in [0.15, 0.2) is 30.5 Å². The van der Waals surface area contributed by atoms with Gasteiger partial charge in [0.1, 0.15) is 11.5 Å². The maximum atomic E-state index is 14.2. The molecule has 1 unspecified atom stereocenters. The Kier molecular flexibility index (Phi) is 3.95. The van der Waals surface area contributed by atoms with E-state index < -0.39 is 0 Å². The van der Waals surface area contributed by atoms with E-state index in [1.807, 2.05) is 6.08 Å². The zero-order valence-electron chi connectivity index (χ0n) is 15.1. The van der Waals surface area contributed by atoms with Gasteiger partial charge in [-0.1, -0.05) is 6.08 Å². The molecular formula is C20H22FN5O. The van der Waals surface area contributed by atoms with Gasteiger partial charge in [0.25, 0.3) is 5.91 Å². The number of halogens is 1. The molecule has 3 heterocycles. The van der Waals surface area contributed by atoms with Crippen LogP contribution in [0.25, 0.3) is 5.70 Å². The second kappa shape index (κ2) is 6.48. The van der Waals surface area contributed by atoms with Crippen LogP contribution in [0.4, 0.5) is 4.39 Å². The molecule has 6 nitrogen and oxygen atoms in total. The molecule has 0 saturated carbocycles. The minimum absolute atomic E-state index is 0.0987. The summed E-state index contributed by atoms with van der Waals surface area (Å²) in [5, 5.41) is 7.52. The Labute approximate surface area is 156 Å². The number of nitrogens with one attached hydrogen (secondary N) is 1. The lowest BCUT2D eigenvalue weighted by Crippen LogP contribution is -2.28. The average Bonchev–Trinajstić information content (AvgIpc) is 3.38. The van der Waals surface area contributed by atoms with Gasteiger partial charge in [-0.2, -0.15) is 5.10 Å². The summed E-state index contributed by atoms with van der Waals surface area (Å²) in [6.07, 6.45) is 13.2. The fraction of sp³-hybridized carbons (Fsp3) is 0.450. The summed E-state index contributed by atoms with van der Waals surface area (Å²) < 4.78 is 18.0. The Morgan fingerprint density at radius 3 is 3.04 bits per heavy atom. The van der Waals surface area contributed by atoms with Gasteiger partial charge < -0.3 is 9.88 Å². The lowest BCUT2D eigenvalue weighted by Gasteiger charge is -2.16. The number of hydrogen-bond donors (Lipinski definition) is 1. The number of hydrogen-bond acceptors (Lipinski definition) is 3. The lowest BCUT2D eigenvalue weighted by molar-refractivity contribution is 0.0930. The Hall–Kier alpha value is -2.70. The lowest BCUT2D eigenvalue weighted by atomic mass is 10.1. The van der Waals surface area contributed by atoms with Crippen LogP contribution < -0.4 is 5.32 Å². The Balaban J connectivity index is 1.38. The molecule has 2 aromatic heterocycles. The average molecular weight is 367 g/mol. The minimum Gasteiger partial charge on any atom is -0.344 e. The highest BCUT2D eigenvalue weighted by Gasteiger charge is 2.31. The highest BCUT2D eigenvalue weighted by atomic mass is 19.1. The number of rotatable bonds is 3. The molecule has 0 radical (unpaired) electrons. The zero-order valence-corrected chi connectivity index (χ0v) is 15.1. The van der Waals surface area contributed by atoms with Crippen molar-refractivity contribution in [2.24, 2.45) is 0 Å². The maximum absolute atomic E-state index is 14.2. The third-order valence-corrected chi connectivity index (χ3v) is 5.79. The largest absolute Gasteiger partial charge is 0.344 e. The van der Waals surface area contributed by atoms with Gasteiger partial charge in [-0.15, -0.1) is 0 Å². The van der Waals surface area contributed by atoms with Crippen molar-refractivity contribution in [3.05, 3.63) is 53.1 Å². The van der Waals surface area contributed by atoms with Crippen molar-refractivity contribution < 1.29 is 9.18 Å². The van der Waals surface area contributed by atoms with Gasteiger partial charge >= 0.3 is 0 Å². The first-order valence-corrected chi connectivity index (χ1v) is 9.69. The molecule has 140 valence electrons. The molecule has 1 amide bonds. The monoisotopic (exact) mass is 367 g/mol. The third-order valence-electron chi connectivity index (χ3n) is 5.79. The molecule has 27 heavy (non-hydrogen) atoms. The van der Waals surface area contributed by atoms with Crippen molar-refractivity contribution >= 4 is 11.6 Å². The number of nitrogens with zero attached hydrogens (tertiary/aromatic N) is 4. The molecule has 0 bridgehead atoms. The molecule has 5 rings (SSSR count). The number of aromatic nitrogens is 4. The zero-order chi connectivity index (χ0) is 18.4. The van der Waals surface area contributed by atoms with Gasteiger partial charge in [-0.25, -0.2) is 14.1 Å². The van der Waals surface area contributed by atoms with Gasteiger partial charge in [-0.3, -0.25) is 4.79 Å². The molecule has 2 aromatic rings. The van der Waals surface area contributed by atoms with Crippen LogP contribution in [-0.4, -0.2) is 25.2 Å². The Morgan fingerprint density at radius 2 is 2.15 bits per heavy atom. The van der Waals surface area contributed by atoms with Crippen LogP contribution in [0.2, 0.25) is 0 Å². The number of fused-ring (bicyclic) bond motifs is 2. The van der Waals surface area contributed by atoms with E-state index in [-0.39, 0.29) is 17.8 Å². The van der Waals surface area contributed by atoms with E-state index in [0.717, 1.165) is 62.0 Å². The summed E-state index contributed by atoms with van der Waals surface area (Å²) in [6.45, 7) is 0.935. The van der Waals surface area contributed by atoms with Crippen molar-refractivity contribution in [3.63, 3.8) is 0 Å². The molecule has 0 spiro atoms. The van der Waals surface area contributed by atoms with E-state index in [0.29, 0.717) is 17.8 Å². The molecule has 0 saturated heterocycles. The first-order valence-electron chi connectivity index (χ1n) is 9.69. The highest BCUT2D eigenvalue weighted by molar-refractivity contribution is 5.93. The fourth-order valence-corrected chi connectivity index (χ4v) is 4.38. The normalized spacial score (nSPS) is 21.3. The summed E-state index contributed by atoms with van der Waals surface area (Å²) in [5.41, 5.74) is 4.07. The molecule has 0 fully saturated rings. The second-order valence-electron chi connectivity index (χ2n) is 7.44. The van der Waals surface area contributed by atoms with E-state index in [1.165, 1.54) is 0 Å². The van der Waals surface area contributed by atoms with Crippen molar-refractivity contribution in [2.45, 2.75) is 57.5 Å². The van der Waals surface area contributed by atoms with Crippen molar-refractivity contribution in [1.82, 2.24) is 24.6 Å². The number of allylic oxidation sites excluding steroid dienone is 4. The quantitative estimate of drug-likeness (QED) is 0.905. The Bertz CT molecular complexity index is 967. The standard InChI is InChI=1S/C20H22FN5O/c21-14-5-1-2-6-17(14)26-16-9-8-15(13(16)11-23-26)24-20(27)19-18-7-3-4-10-25(18)12-22-19/h2,6,11-12,15H,1,3-5,7-10H2,(H,24,27). The third kappa shape index (κ3) is 2.72. The summed E-state index contributed by atoms with van der Waals surface area (Å²) in [4.78, 5) is 17.2. The second-order valence-corrected chi connectivity index (χ2v) is 7.44.